The van der Waals surface area contributed by atoms with Gasteiger partial charge in [-0.3, -0.25) is 10.1 Å². The molecular weight excluding hydrogens is 478 g/mol. The minimum absolute atomic E-state index is 0.112. The van der Waals surface area contributed by atoms with Crippen LogP contribution in [0.3, 0.4) is 0 Å². The molecular formula is C14H4BrF8NO4. The SMILES string of the molecule is O=[N+]([O-])c1cc(OC(F)(F)F)cc(Br)c1Oc1c(F)cc(C(F)(F)F)cc1F. The van der Waals surface area contributed by atoms with Crippen molar-refractivity contribution in [3.63, 3.8) is 0 Å². The first kappa shape index (κ1) is 21.7. The Morgan fingerprint density at radius 1 is 0.929 bits per heavy atom. The van der Waals surface area contributed by atoms with Crippen LogP contribution in [0.2, 0.25) is 0 Å². The van der Waals surface area contributed by atoms with Crippen LogP contribution in [-0.4, -0.2) is 11.3 Å². The van der Waals surface area contributed by atoms with Gasteiger partial charge in [0.1, 0.15) is 5.75 Å². The Balaban J connectivity index is 2.53. The molecule has 0 aliphatic heterocycles. The number of hydrogen-bond acceptors (Lipinski definition) is 4. The summed E-state index contributed by atoms with van der Waals surface area (Å²) in [5.74, 6) is -7.13. The molecule has 0 spiro atoms. The molecule has 14 heteroatoms. The Kier molecular flexibility index (Phi) is 5.73. The Hall–Kier alpha value is -2.64. The fraction of sp³-hybridized carbons (Fsp3) is 0.143. The number of halogens is 9. The summed E-state index contributed by atoms with van der Waals surface area (Å²) in [6.07, 6.45) is -10.3. The topological polar surface area (TPSA) is 61.6 Å². The van der Waals surface area contributed by atoms with Gasteiger partial charge < -0.3 is 9.47 Å². The molecule has 0 N–H and O–H groups in total. The van der Waals surface area contributed by atoms with E-state index in [0.29, 0.717) is 6.07 Å². The van der Waals surface area contributed by atoms with Crippen molar-refractivity contribution in [3.05, 3.63) is 56.1 Å². The van der Waals surface area contributed by atoms with Crippen molar-refractivity contribution in [3.8, 4) is 17.2 Å². The quantitative estimate of drug-likeness (QED) is 0.290. The smallest absolute Gasteiger partial charge is 0.443 e. The van der Waals surface area contributed by atoms with Gasteiger partial charge in [0.05, 0.1) is 21.0 Å². The lowest BCUT2D eigenvalue weighted by Crippen LogP contribution is -2.17. The fourth-order valence-electron chi connectivity index (χ4n) is 1.91. The molecule has 0 unspecified atom stereocenters. The molecule has 2 aromatic carbocycles. The summed E-state index contributed by atoms with van der Waals surface area (Å²) in [4.78, 5) is 9.82. The average Bonchev–Trinajstić information content (AvgIpc) is 2.49. The van der Waals surface area contributed by atoms with Gasteiger partial charge in [0.2, 0.25) is 5.75 Å². The number of benzene rings is 2. The maximum atomic E-state index is 13.9. The normalized spacial score (nSPS) is 12.0. The van der Waals surface area contributed by atoms with E-state index in [4.69, 9.17) is 0 Å². The van der Waals surface area contributed by atoms with E-state index in [1.165, 1.54) is 0 Å². The van der Waals surface area contributed by atoms with Gasteiger partial charge in [-0.15, -0.1) is 13.2 Å². The predicted molar refractivity (Wildman–Crippen MR) is 78.9 cm³/mol. The summed E-state index contributed by atoms with van der Waals surface area (Å²) in [6.45, 7) is 0. The van der Waals surface area contributed by atoms with E-state index in [9.17, 15) is 45.2 Å². The summed E-state index contributed by atoms with van der Waals surface area (Å²) >= 11 is 2.62. The Labute approximate surface area is 157 Å². The van der Waals surface area contributed by atoms with Crippen LogP contribution in [-0.2, 0) is 6.18 Å². The van der Waals surface area contributed by atoms with E-state index in [0.717, 1.165) is 0 Å². The molecule has 0 heterocycles. The highest BCUT2D eigenvalue weighted by Crippen LogP contribution is 2.44. The van der Waals surface area contributed by atoms with Crippen molar-refractivity contribution < 1.29 is 49.5 Å². The average molecular weight is 482 g/mol. The second-order valence-corrected chi connectivity index (χ2v) is 5.78. The molecule has 0 aliphatic rings. The summed E-state index contributed by atoms with van der Waals surface area (Å²) in [5.41, 5.74) is -2.88. The molecule has 0 bridgehead atoms. The monoisotopic (exact) mass is 481 g/mol. The number of nitro benzene ring substituents is 1. The Morgan fingerprint density at radius 2 is 1.46 bits per heavy atom. The van der Waals surface area contributed by atoms with Gasteiger partial charge in [-0.25, -0.2) is 8.78 Å². The number of rotatable bonds is 4. The lowest BCUT2D eigenvalue weighted by atomic mass is 10.2. The molecule has 0 saturated carbocycles. The summed E-state index contributed by atoms with van der Waals surface area (Å²) in [7, 11) is 0. The number of ether oxygens (including phenoxy) is 2. The maximum absolute atomic E-state index is 13.9. The number of nitro groups is 1. The molecule has 5 nitrogen and oxygen atoms in total. The third-order valence-electron chi connectivity index (χ3n) is 2.96. The second kappa shape index (κ2) is 7.41. The van der Waals surface area contributed by atoms with Crippen LogP contribution in [0.5, 0.6) is 17.2 Å². The van der Waals surface area contributed by atoms with Gasteiger partial charge in [-0.2, -0.15) is 13.2 Å². The van der Waals surface area contributed by atoms with Crippen LogP contribution in [0.4, 0.5) is 40.8 Å². The van der Waals surface area contributed by atoms with Crippen LogP contribution >= 0.6 is 15.9 Å². The fourth-order valence-corrected chi connectivity index (χ4v) is 2.42. The molecule has 0 fully saturated rings. The van der Waals surface area contributed by atoms with Gasteiger partial charge in [0.15, 0.2) is 17.4 Å². The van der Waals surface area contributed by atoms with Crippen LogP contribution in [0, 0.1) is 21.7 Å². The third-order valence-corrected chi connectivity index (χ3v) is 3.55. The van der Waals surface area contributed by atoms with E-state index in [1.54, 1.807) is 0 Å². The summed E-state index contributed by atoms with van der Waals surface area (Å²) in [5, 5.41) is 11.1. The summed E-state index contributed by atoms with van der Waals surface area (Å²) in [6, 6.07) is 0.585. The van der Waals surface area contributed by atoms with Crippen LogP contribution in [0.25, 0.3) is 0 Å². The van der Waals surface area contributed by atoms with Gasteiger partial charge in [0.25, 0.3) is 0 Å². The minimum Gasteiger partial charge on any atom is -0.443 e. The zero-order valence-corrected chi connectivity index (χ0v) is 14.4. The minimum atomic E-state index is -5.19. The first-order chi connectivity index (χ1) is 12.7. The molecule has 2 aromatic rings. The lowest BCUT2D eigenvalue weighted by molar-refractivity contribution is -0.385. The van der Waals surface area contributed by atoms with E-state index >= 15 is 0 Å². The van der Waals surface area contributed by atoms with E-state index < -0.39 is 62.1 Å². The van der Waals surface area contributed by atoms with Crippen LogP contribution < -0.4 is 9.47 Å². The molecule has 152 valence electrons. The standard InChI is InChI=1S/C14H4BrF8NO4/c15-7-3-6(28-14(21,22)23)4-10(24(25)26)11(7)27-12-8(16)1-5(2-9(12)17)13(18,19)20/h1-4H. The zero-order chi connectivity index (χ0) is 21.4. The van der Waals surface area contributed by atoms with Crippen molar-refractivity contribution in [2.75, 3.05) is 0 Å². The summed E-state index contributed by atoms with van der Waals surface area (Å²) < 4.78 is 110. The van der Waals surface area contributed by atoms with E-state index in [2.05, 4.69) is 25.4 Å². The largest absolute Gasteiger partial charge is 0.573 e. The highest BCUT2D eigenvalue weighted by molar-refractivity contribution is 9.10. The molecule has 0 aliphatic carbocycles. The molecule has 0 amide bonds. The van der Waals surface area contributed by atoms with E-state index in [-0.39, 0.29) is 18.2 Å². The van der Waals surface area contributed by atoms with Gasteiger partial charge in [-0.1, -0.05) is 0 Å². The lowest BCUT2D eigenvalue weighted by Gasteiger charge is -2.14. The predicted octanol–water partition coefficient (Wildman–Crippen LogP) is 6.35. The van der Waals surface area contributed by atoms with Crippen LogP contribution in [0.15, 0.2) is 28.7 Å². The number of alkyl halides is 6. The molecule has 0 saturated heterocycles. The Bertz CT molecular complexity index is 906. The maximum Gasteiger partial charge on any atom is 0.573 e. The number of hydrogen-bond donors (Lipinski definition) is 0. The van der Waals surface area contributed by atoms with Crippen molar-refractivity contribution >= 4 is 21.6 Å². The van der Waals surface area contributed by atoms with Crippen LogP contribution in [0.1, 0.15) is 5.56 Å². The van der Waals surface area contributed by atoms with E-state index in [1.807, 2.05) is 0 Å². The van der Waals surface area contributed by atoms with Gasteiger partial charge in [-0.05, 0) is 34.1 Å². The molecule has 28 heavy (non-hydrogen) atoms. The van der Waals surface area contributed by atoms with Crippen molar-refractivity contribution in [2.45, 2.75) is 12.5 Å². The third kappa shape index (κ3) is 4.99. The number of nitrogens with zero attached hydrogens (tertiary/aromatic N) is 1. The van der Waals surface area contributed by atoms with Gasteiger partial charge in [0, 0.05) is 0 Å². The zero-order valence-electron chi connectivity index (χ0n) is 12.8. The first-order valence-electron chi connectivity index (χ1n) is 6.67. The molecule has 0 radical (unpaired) electrons. The molecule has 2 rings (SSSR count). The highest BCUT2D eigenvalue weighted by atomic mass is 79.9. The van der Waals surface area contributed by atoms with Crippen molar-refractivity contribution in [1.29, 1.82) is 0 Å². The highest BCUT2D eigenvalue weighted by Gasteiger charge is 2.35. The van der Waals surface area contributed by atoms with Crippen molar-refractivity contribution in [2.24, 2.45) is 0 Å². The second-order valence-electron chi connectivity index (χ2n) is 4.93. The molecule has 0 atom stereocenters. The van der Waals surface area contributed by atoms with Crippen molar-refractivity contribution in [1.82, 2.24) is 0 Å². The Morgan fingerprint density at radius 3 is 1.89 bits per heavy atom. The first-order valence-corrected chi connectivity index (χ1v) is 7.46. The molecule has 0 aromatic heterocycles. The van der Waals surface area contributed by atoms with Gasteiger partial charge >= 0.3 is 18.2 Å².